The summed E-state index contributed by atoms with van der Waals surface area (Å²) in [5.74, 6) is -0.949. The Bertz CT molecular complexity index is 1380. The molecule has 0 saturated carbocycles. The molecule has 0 fully saturated rings. The molecule has 6 heteroatoms. The molecule has 0 saturated heterocycles. The molecule has 0 aromatic heterocycles. The maximum atomic E-state index is 12.9. The monoisotopic (exact) mass is 1120 g/mol. The first-order valence-electron chi connectivity index (χ1n) is 35.6. The summed E-state index contributed by atoms with van der Waals surface area (Å²) in [6, 6.07) is 0. The molecule has 468 valence electrons. The number of carbonyl (C=O) groups excluding carboxylic acids is 3. The first-order chi connectivity index (χ1) is 39.5. The van der Waals surface area contributed by atoms with E-state index in [1.54, 1.807) is 0 Å². The summed E-state index contributed by atoms with van der Waals surface area (Å²) in [5.41, 5.74) is 0. The van der Waals surface area contributed by atoms with Crippen LogP contribution >= 0.6 is 0 Å². The van der Waals surface area contributed by atoms with Crippen molar-refractivity contribution in [2.45, 2.75) is 393 Å². The van der Waals surface area contributed by atoms with Crippen LogP contribution in [0.25, 0.3) is 0 Å². The zero-order chi connectivity index (χ0) is 57.8. The van der Waals surface area contributed by atoms with Crippen LogP contribution in [0.15, 0.2) is 48.6 Å². The molecule has 0 amide bonds. The smallest absolute Gasteiger partial charge is 0.306 e. The molecule has 0 bridgehead atoms. The van der Waals surface area contributed by atoms with Gasteiger partial charge < -0.3 is 14.2 Å². The van der Waals surface area contributed by atoms with Crippen LogP contribution in [-0.2, 0) is 28.6 Å². The number of unbranched alkanes of at least 4 members (excludes halogenated alkanes) is 47. The molecule has 0 aromatic rings. The van der Waals surface area contributed by atoms with Gasteiger partial charge in [0, 0.05) is 19.3 Å². The summed E-state index contributed by atoms with van der Waals surface area (Å²) in [5, 5.41) is 0. The van der Waals surface area contributed by atoms with Gasteiger partial charge in [0.25, 0.3) is 0 Å². The van der Waals surface area contributed by atoms with E-state index >= 15 is 0 Å². The first kappa shape index (κ1) is 77.4. The number of rotatable bonds is 66. The molecule has 80 heavy (non-hydrogen) atoms. The van der Waals surface area contributed by atoms with Crippen LogP contribution in [0, 0.1) is 0 Å². The number of esters is 3. The van der Waals surface area contributed by atoms with Gasteiger partial charge >= 0.3 is 17.9 Å². The SMILES string of the molecule is CC/C=C\C/C=C\C/C=C\C/C=C\CCC(=O)OCC(COC(=O)CCCCCCCCCCCCCCCCCCCCCCCCCCCCCCCCC)OC(=O)CCCCCCCCCCCCCCCCCCCC. The Hall–Kier alpha value is -2.63. The Balaban J connectivity index is 4.16. The fourth-order valence-electron chi connectivity index (χ4n) is 10.8. The van der Waals surface area contributed by atoms with Gasteiger partial charge in [-0.05, 0) is 44.9 Å². The average Bonchev–Trinajstić information content (AvgIpc) is 3.46. The molecule has 0 heterocycles. The zero-order valence-corrected chi connectivity index (χ0v) is 53.9. The molecule has 0 rings (SSSR count). The summed E-state index contributed by atoms with van der Waals surface area (Å²) >= 11 is 0. The van der Waals surface area contributed by atoms with Crippen molar-refractivity contribution < 1.29 is 28.6 Å². The summed E-state index contributed by atoms with van der Waals surface area (Å²) < 4.78 is 16.9. The molecule has 0 aromatic carbocycles. The van der Waals surface area contributed by atoms with Gasteiger partial charge in [-0.1, -0.05) is 371 Å². The average molecular weight is 1120 g/mol. The Morgan fingerprint density at radius 3 is 0.762 bits per heavy atom. The fraction of sp³-hybridized carbons (Fsp3) is 0.851. The van der Waals surface area contributed by atoms with Crippen LogP contribution < -0.4 is 0 Å². The molecule has 0 radical (unpaired) electrons. The lowest BCUT2D eigenvalue weighted by atomic mass is 10.0. The fourth-order valence-corrected chi connectivity index (χ4v) is 10.8. The van der Waals surface area contributed by atoms with Crippen molar-refractivity contribution >= 4 is 17.9 Å². The lowest BCUT2D eigenvalue weighted by Crippen LogP contribution is -2.30. The highest BCUT2D eigenvalue weighted by Gasteiger charge is 2.19. The van der Waals surface area contributed by atoms with Gasteiger partial charge in [-0.3, -0.25) is 14.4 Å². The third kappa shape index (κ3) is 66.2. The molecule has 1 unspecified atom stereocenters. The van der Waals surface area contributed by atoms with Gasteiger partial charge in [-0.25, -0.2) is 0 Å². The van der Waals surface area contributed by atoms with Gasteiger partial charge in [0.05, 0.1) is 0 Å². The number of allylic oxidation sites excluding steroid dienone is 8. The van der Waals surface area contributed by atoms with Gasteiger partial charge in [0.15, 0.2) is 6.10 Å². The summed E-state index contributed by atoms with van der Waals surface area (Å²) in [4.78, 5) is 38.3. The third-order valence-corrected chi connectivity index (χ3v) is 16.1. The lowest BCUT2D eigenvalue weighted by Gasteiger charge is -2.18. The maximum absolute atomic E-state index is 12.9. The summed E-state index contributed by atoms with van der Waals surface area (Å²) in [7, 11) is 0. The van der Waals surface area contributed by atoms with Gasteiger partial charge in [0.1, 0.15) is 13.2 Å². The highest BCUT2D eigenvalue weighted by Crippen LogP contribution is 2.19. The number of carbonyl (C=O) groups is 3. The van der Waals surface area contributed by atoms with Crippen LogP contribution in [0.2, 0.25) is 0 Å². The van der Waals surface area contributed by atoms with E-state index in [9.17, 15) is 14.4 Å². The molecule has 0 aliphatic heterocycles. The lowest BCUT2D eigenvalue weighted by molar-refractivity contribution is -0.166. The van der Waals surface area contributed by atoms with Crippen molar-refractivity contribution in [2.24, 2.45) is 0 Å². The predicted octanol–water partition coefficient (Wildman–Crippen LogP) is 24.5. The van der Waals surface area contributed by atoms with E-state index in [0.29, 0.717) is 19.3 Å². The standard InChI is InChI=1S/C74H136O6/c1-4-7-10-13-16-19-22-25-27-29-31-32-33-34-35-36-37-38-39-40-41-42-43-45-46-49-52-55-58-61-64-67-73(76)79-70-71(69-78-72(75)66-63-60-57-54-51-48-24-21-18-15-12-9-6-3)80-74(77)68-65-62-59-56-53-50-47-44-30-28-26-23-20-17-14-11-8-5-2/h9,12,18,21,48,51,57,60,71H,4-8,10-11,13-17,19-20,22-47,49-50,52-56,58-59,61-70H2,1-3H3/b12-9-,21-18-,51-48-,60-57-. The summed E-state index contributed by atoms with van der Waals surface area (Å²) in [6.45, 7) is 6.53. The highest BCUT2D eigenvalue weighted by atomic mass is 16.6. The van der Waals surface area contributed by atoms with Crippen molar-refractivity contribution in [3.63, 3.8) is 0 Å². The largest absolute Gasteiger partial charge is 0.462 e. The van der Waals surface area contributed by atoms with Crippen molar-refractivity contribution in [3.05, 3.63) is 48.6 Å². The van der Waals surface area contributed by atoms with Crippen LogP contribution in [-0.4, -0.2) is 37.2 Å². The Morgan fingerprint density at radius 1 is 0.263 bits per heavy atom. The quantitative estimate of drug-likeness (QED) is 0.0261. The van der Waals surface area contributed by atoms with Gasteiger partial charge in [-0.15, -0.1) is 0 Å². The molecule has 0 aliphatic carbocycles. The van der Waals surface area contributed by atoms with E-state index in [1.165, 1.54) is 276 Å². The number of hydrogen-bond acceptors (Lipinski definition) is 6. The van der Waals surface area contributed by atoms with Crippen LogP contribution in [0.4, 0.5) is 0 Å². The zero-order valence-electron chi connectivity index (χ0n) is 53.9. The minimum Gasteiger partial charge on any atom is -0.462 e. The van der Waals surface area contributed by atoms with E-state index in [2.05, 4.69) is 63.3 Å². The van der Waals surface area contributed by atoms with E-state index in [4.69, 9.17) is 14.2 Å². The number of ether oxygens (including phenoxy) is 3. The highest BCUT2D eigenvalue weighted by molar-refractivity contribution is 5.71. The minimum absolute atomic E-state index is 0.0898. The molecule has 6 nitrogen and oxygen atoms in total. The maximum Gasteiger partial charge on any atom is 0.306 e. The van der Waals surface area contributed by atoms with E-state index < -0.39 is 6.10 Å². The molecule has 0 aliphatic rings. The second kappa shape index (κ2) is 68.9. The molecule has 0 N–H and O–H groups in total. The molecule has 1 atom stereocenters. The Labute approximate surface area is 498 Å². The van der Waals surface area contributed by atoms with E-state index in [0.717, 1.165) is 64.2 Å². The van der Waals surface area contributed by atoms with E-state index in [-0.39, 0.29) is 37.5 Å². The molecular formula is C74H136O6. The van der Waals surface area contributed by atoms with Crippen molar-refractivity contribution in [2.75, 3.05) is 13.2 Å². The minimum atomic E-state index is -0.799. The Morgan fingerprint density at radius 2 is 0.487 bits per heavy atom. The van der Waals surface area contributed by atoms with Crippen molar-refractivity contribution in [3.8, 4) is 0 Å². The van der Waals surface area contributed by atoms with Crippen molar-refractivity contribution in [1.82, 2.24) is 0 Å². The second-order valence-corrected chi connectivity index (χ2v) is 24.1. The van der Waals surface area contributed by atoms with Crippen LogP contribution in [0.5, 0.6) is 0 Å². The predicted molar refractivity (Wildman–Crippen MR) is 349 cm³/mol. The topological polar surface area (TPSA) is 78.9 Å². The van der Waals surface area contributed by atoms with Crippen LogP contribution in [0.1, 0.15) is 387 Å². The normalized spacial score (nSPS) is 12.3. The summed E-state index contributed by atoms with van der Waals surface area (Å²) in [6.07, 6.45) is 87.5. The number of hydrogen-bond donors (Lipinski definition) is 0. The van der Waals surface area contributed by atoms with E-state index in [1.807, 2.05) is 6.08 Å². The second-order valence-electron chi connectivity index (χ2n) is 24.1. The van der Waals surface area contributed by atoms with Gasteiger partial charge in [0.2, 0.25) is 0 Å². The third-order valence-electron chi connectivity index (χ3n) is 16.1. The van der Waals surface area contributed by atoms with Gasteiger partial charge in [-0.2, -0.15) is 0 Å². The van der Waals surface area contributed by atoms with Crippen LogP contribution in [0.3, 0.4) is 0 Å². The Kier molecular flexibility index (Phi) is 66.6. The molecule has 0 spiro atoms. The molecular weight excluding hydrogens is 985 g/mol. The van der Waals surface area contributed by atoms with Crippen molar-refractivity contribution in [1.29, 1.82) is 0 Å². The first-order valence-corrected chi connectivity index (χ1v) is 35.6.